The normalized spacial score (nSPS) is 13.3. The van der Waals surface area contributed by atoms with Crippen molar-refractivity contribution in [3.8, 4) is 0 Å². The van der Waals surface area contributed by atoms with E-state index in [-0.39, 0.29) is 11.7 Å². The summed E-state index contributed by atoms with van der Waals surface area (Å²) in [5.74, 6) is -0.405. The Morgan fingerprint density at radius 2 is 1.94 bits per heavy atom. The summed E-state index contributed by atoms with van der Waals surface area (Å²) >= 11 is 1.41. The van der Waals surface area contributed by atoms with Crippen molar-refractivity contribution >= 4 is 23.4 Å². The van der Waals surface area contributed by atoms with E-state index in [0.717, 1.165) is 9.79 Å². The SMILES string of the molecule is Cc1cc2c(cc1F)Sc1ccccc1C(=O)N2. The molecule has 0 bridgehead atoms. The average molecular weight is 259 g/mol. The number of hydrogen-bond acceptors (Lipinski definition) is 2. The minimum Gasteiger partial charge on any atom is -0.321 e. The quantitative estimate of drug-likeness (QED) is 0.778. The zero-order valence-electron chi connectivity index (χ0n) is 9.66. The fourth-order valence-electron chi connectivity index (χ4n) is 1.90. The number of nitrogens with one attached hydrogen (secondary N) is 1. The number of carbonyl (C=O) groups excluding carboxylic acids is 1. The van der Waals surface area contributed by atoms with E-state index in [1.165, 1.54) is 17.8 Å². The highest BCUT2D eigenvalue weighted by molar-refractivity contribution is 7.99. The molecule has 0 aliphatic carbocycles. The first-order chi connectivity index (χ1) is 8.65. The number of aryl methyl sites for hydroxylation is 1. The van der Waals surface area contributed by atoms with E-state index in [0.29, 0.717) is 16.8 Å². The Kier molecular flexibility index (Phi) is 2.59. The Labute approximate surface area is 108 Å². The van der Waals surface area contributed by atoms with Crippen molar-refractivity contribution in [1.82, 2.24) is 0 Å². The molecule has 1 aliphatic heterocycles. The van der Waals surface area contributed by atoms with Gasteiger partial charge in [0.15, 0.2) is 0 Å². The average Bonchev–Trinajstić information content (AvgIpc) is 2.48. The molecule has 90 valence electrons. The molecule has 2 aromatic rings. The van der Waals surface area contributed by atoms with Gasteiger partial charge in [-0.15, -0.1) is 0 Å². The molecule has 3 rings (SSSR count). The van der Waals surface area contributed by atoms with Gasteiger partial charge in [-0.2, -0.15) is 0 Å². The lowest BCUT2D eigenvalue weighted by molar-refractivity contribution is 0.102. The van der Waals surface area contributed by atoms with Gasteiger partial charge in [0.1, 0.15) is 5.82 Å². The summed E-state index contributed by atoms with van der Waals surface area (Å²) in [7, 11) is 0. The number of fused-ring (bicyclic) bond motifs is 2. The van der Waals surface area contributed by atoms with Crippen molar-refractivity contribution in [2.24, 2.45) is 0 Å². The number of rotatable bonds is 0. The van der Waals surface area contributed by atoms with Gasteiger partial charge in [-0.1, -0.05) is 23.9 Å². The van der Waals surface area contributed by atoms with Gasteiger partial charge in [-0.05, 0) is 36.8 Å². The fourth-order valence-corrected chi connectivity index (χ4v) is 2.93. The second kappa shape index (κ2) is 4.14. The smallest absolute Gasteiger partial charge is 0.256 e. The number of anilines is 1. The Bertz CT molecular complexity index is 654. The summed E-state index contributed by atoms with van der Waals surface area (Å²) in [4.78, 5) is 13.6. The number of benzene rings is 2. The molecular weight excluding hydrogens is 249 g/mol. The molecule has 0 spiro atoms. The van der Waals surface area contributed by atoms with Gasteiger partial charge in [0.2, 0.25) is 0 Å². The van der Waals surface area contributed by atoms with Gasteiger partial charge in [0, 0.05) is 9.79 Å². The van der Waals surface area contributed by atoms with Crippen LogP contribution in [0.15, 0.2) is 46.2 Å². The third kappa shape index (κ3) is 1.78. The topological polar surface area (TPSA) is 29.1 Å². The Morgan fingerprint density at radius 1 is 1.17 bits per heavy atom. The highest BCUT2D eigenvalue weighted by Crippen LogP contribution is 2.39. The van der Waals surface area contributed by atoms with Gasteiger partial charge >= 0.3 is 0 Å². The van der Waals surface area contributed by atoms with Gasteiger partial charge in [0.05, 0.1) is 11.3 Å². The second-order valence-corrected chi connectivity index (χ2v) is 5.23. The first-order valence-electron chi connectivity index (χ1n) is 5.53. The Morgan fingerprint density at radius 3 is 2.78 bits per heavy atom. The summed E-state index contributed by atoms with van der Waals surface area (Å²) in [5, 5.41) is 2.82. The van der Waals surface area contributed by atoms with Crippen LogP contribution in [-0.2, 0) is 0 Å². The third-order valence-corrected chi connectivity index (χ3v) is 3.99. The van der Waals surface area contributed by atoms with E-state index in [1.54, 1.807) is 19.1 Å². The first kappa shape index (κ1) is 11.3. The molecule has 0 saturated heterocycles. The highest BCUT2D eigenvalue weighted by Gasteiger charge is 2.20. The van der Waals surface area contributed by atoms with Crippen LogP contribution in [0, 0.1) is 12.7 Å². The zero-order chi connectivity index (χ0) is 12.7. The molecule has 1 aliphatic rings. The van der Waals surface area contributed by atoms with Crippen LogP contribution in [0.25, 0.3) is 0 Å². The number of halogens is 1. The lowest BCUT2D eigenvalue weighted by Crippen LogP contribution is -2.11. The first-order valence-corrected chi connectivity index (χ1v) is 6.35. The van der Waals surface area contributed by atoms with E-state index in [9.17, 15) is 9.18 Å². The molecule has 4 heteroatoms. The Balaban J connectivity index is 2.18. The van der Waals surface area contributed by atoms with Gasteiger partial charge in [0.25, 0.3) is 5.91 Å². The van der Waals surface area contributed by atoms with Crippen LogP contribution in [0.5, 0.6) is 0 Å². The lowest BCUT2D eigenvalue weighted by atomic mass is 10.2. The van der Waals surface area contributed by atoms with Crippen molar-refractivity contribution in [1.29, 1.82) is 0 Å². The molecule has 0 fully saturated rings. The maximum atomic E-state index is 13.6. The molecule has 0 saturated carbocycles. The van der Waals surface area contributed by atoms with Crippen molar-refractivity contribution in [2.45, 2.75) is 16.7 Å². The van der Waals surface area contributed by atoms with Crippen LogP contribution in [-0.4, -0.2) is 5.91 Å². The monoisotopic (exact) mass is 259 g/mol. The van der Waals surface area contributed by atoms with Gasteiger partial charge in [-0.25, -0.2) is 4.39 Å². The number of hydrogen-bond donors (Lipinski definition) is 1. The van der Waals surface area contributed by atoms with E-state index in [4.69, 9.17) is 0 Å². The van der Waals surface area contributed by atoms with E-state index in [2.05, 4.69) is 5.32 Å². The molecule has 0 aromatic heterocycles. The molecule has 2 aromatic carbocycles. The molecule has 0 atom stereocenters. The number of amides is 1. The molecule has 0 unspecified atom stereocenters. The predicted molar refractivity (Wildman–Crippen MR) is 69.7 cm³/mol. The fraction of sp³-hybridized carbons (Fsp3) is 0.0714. The predicted octanol–water partition coefficient (Wildman–Crippen LogP) is 3.85. The summed E-state index contributed by atoms with van der Waals surface area (Å²) in [5.41, 5.74) is 1.82. The summed E-state index contributed by atoms with van der Waals surface area (Å²) in [6.07, 6.45) is 0. The van der Waals surface area contributed by atoms with Crippen LogP contribution >= 0.6 is 11.8 Å². The summed E-state index contributed by atoms with van der Waals surface area (Å²) < 4.78 is 13.6. The van der Waals surface area contributed by atoms with Crippen LogP contribution in [0.2, 0.25) is 0 Å². The molecule has 0 radical (unpaired) electrons. The van der Waals surface area contributed by atoms with Crippen molar-refractivity contribution in [3.05, 3.63) is 53.3 Å². The van der Waals surface area contributed by atoms with Crippen LogP contribution < -0.4 is 5.32 Å². The lowest BCUT2D eigenvalue weighted by Gasteiger charge is -2.07. The standard InChI is InChI=1S/C14H10FNOS/c1-8-6-11-13(7-10(8)15)18-12-5-3-2-4-9(12)14(17)16-11/h2-7H,1H3,(H,16,17). The Hall–Kier alpha value is -1.81. The summed E-state index contributed by atoms with van der Waals surface area (Å²) in [6.45, 7) is 1.68. The molecular formula is C14H10FNOS. The molecule has 2 nitrogen and oxygen atoms in total. The largest absolute Gasteiger partial charge is 0.321 e. The summed E-state index contributed by atoms with van der Waals surface area (Å²) in [6, 6.07) is 10.5. The molecule has 18 heavy (non-hydrogen) atoms. The number of carbonyl (C=O) groups is 1. The van der Waals surface area contributed by atoms with Gasteiger partial charge in [-0.3, -0.25) is 4.79 Å². The van der Waals surface area contributed by atoms with E-state index < -0.39 is 0 Å². The maximum Gasteiger partial charge on any atom is 0.256 e. The third-order valence-electron chi connectivity index (χ3n) is 2.86. The molecule has 1 N–H and O–H groups in total. The van der Waals surface area contributed by atoms with Crippen LogP contribution in [0.1, 0.15) is 15.9 Å². The van der Waals surface area contributed by atoms with Gasteiger partial charge < -0.3 is 5.32 Å². The van der Waals surface area contributed by atoms with Crippen molar-refractivity contribution in [3.63, 3.8) is 0 Å². The minimum atomic E-state index is -0.255. The van der Waals surface area contributed by atoms with E-state index >= 15 is 0 Å². The van der Waals surface area contributed by atoms with Crippen molar-refractivity contribution < 1.29 is 9.18 Å². The molecule has 1 heterocycles. The van der Waals surface area contributed by atoms with E-state index in [1.807, 2.05) is 18.2 Å². The maximum absolute atomic E-state index is 13.6. The zero-order valence-corrected chi connectivity index (χ0v) is 10.5. The van der Waals surface area contributed by atoms with Crippen molar-refractivity contribution in [2.75, 3.05) is 5.32 Å². The second-order valence-electron chi connectivity index (χ2n) is 4.15. The van der Waals surface area contributed by atoms with Crippen LogP contribution in [0.3, 0.4) is 0 Å². The minimum absolute atomic E-state index is 0.150. The highest BCUT2D eigenvalue weighted by atomic mass is 32.2. The van der Waals surface area contributed by atoms with Crippen LogP contribution in [0.4, 0.5) is 10.1 Å². The molecule has 1 amide bonds.